The maximum atomic E-state index is 13.7. The summed E-state index contributed by atoms with van der Waals surface area (Å²) in [5, 5.41) is 0. The molecular weight excluding hydrogens is 266 g/mol. The van der Waals surface area contributed by atoms with E-state index in [1.165, 1.54) is 6.07 Å². The summed E-state index contributed by atoms with van der Waals surface area (Å²) in [7, 11) is 0. The lowest BCUT2D eigenvalue weighted by Gasteiger charge is -2.27. The number of imidazole rings is 1. The second-order valence-corrected chi connectivity index (χ2v) is 6.48. The molecule has 1 heterocycles. The van der Waals surface area contributed by atoms with Crippen molar-refractivity contribution in [3.05, 3.63) is 28.5 Å². The highest BCUT2D eigenvalue weighted by atomic mass is 32.1. The average Bonchev–Trinajstić information content (AvgIpc) is 2.56. The van der Waals surface area contributed by atoms with Gasteiger partial charge < -0.3 is 9.55 Å². The second-order valence-electron chi connectivity index (χ2n) is 6.09. The van der Waals surface area contributed by atoms with Gasteiger partial charge >= 0.3 is 0 Å². The summed E-state index contributed by atoms with van der Waals surface area (Å²) >= 11 is 5.22. The van der Waals surface area contributed by atoms with E-state index in [1.54, 1.807) is 4.57 Å². The molecule has 0 fully saturated rings. The lowest BCUT2D eigenvalue weighted by molar-refractivity contribution is 0.234. The molecule has 0 amide bonds. The quantitative estimate of drug-likeness (QED) is 0.795. The van der Waals surface area contributed by atoms with Crippen molar-refractivity contribution in [3.63, 3.8) is 0 Å². The monoisotopic (exact) mass is 284 g/mol. The van der Waals surface area contributed by atoms with Crippen molar-refractivity contribution in [1.82, 2.24) is 9.55 Å². The van der Waals surface area contributed by atoms with Crippen LogP contribution in [0.4, 0.5) is 8.78 Å². The SMILES string of the molecule is CC(Cn1c(=S)[nH]c2c(F)cc(F)cc21)C(C)(C)C. The van der Waals surface area contributed by atoms with E-state index in [1.807, 2.05) is 0 Å². The van der Waals surface area contributed by atoms with Gasteiger partial charge in [0.2, 0.25) is 0 Å². The molecule has 0 radical (unpaired) electrons. The Hall–Kier alpha value is -1.23. The van der Waals surface area contributed by atoms with Crippen LogP contribution in [0, 0.1) is 27.7 Å². The first kappa shape index (κ1) is 14.2. The Kier molecular flexibility index (Phi) is 3.51. The van der Waals surface area contributed by atoms with Crippen LogP contribution in [0.5, 0.6) is 0 Å². The predicted octanol–water partition coefficient (Wildman–Crippen LogP) is 4.66. The highest BCUT2D eigenvalue weighted by Gasteiger charge is 2.22. The fraction of sp³-hybridized carbons (Fsp3) is 0.500. The number of nitrogens with zero attached hydrogens (tertiary/aromatic N) is 1. The maximum Gasteiger partial charge on any atom is 0.178 e. The fourth-order valence-corrected chi connectivity index (χ4v) is 2.18. The van der Waals surface area contributed by atoms with E-state index in [9.17, 15) is 8.78 Å². The molecule has 0 aliphatic rings. The zero-order valence-electron chi connectivity index (χ0n) is 11.6. The first-order valence-corrected chi connectivity index (χ1v) is 6.68. The third-order valence-corrected chi connectivity index (χ3v) is 4.06. The molecule has 0 aliphatic heterocycles. The molecule has 0 aliphatic carbocycles. The van der Waals surface area contributed by atoms with E-state index < -0.39 is 11.6 Å². The van der Waals surface area contributed by atoms with E-state index in [0.29, 0.717) is 22.8 Å². The van der Waals surface area contributed by atoms with Crippen molar-refractivity contribution in [1.29, 1.82) is 0 Å². The van der Waals surface area contributed by atoms with Crippen LogP contribution in [0.15, 0.2) is 12.1 Å². The lowest BCUT2D eigenvalue weighted by Crippen LogP contribution is -2.22. The number of aromatic nitrogens is 2. The van der Waals surface area contributed by atoms with Gasteiger partial charge in [-0.05, 0) is 29.6 Å². The van der Waals surface area contributed by atoms with E-state index in [0.717, 1.165) is 6.07 Å². The van der Waals surface area contributed by atoms with Crippen LogP contribution in [-0.4, -0.2) is 9.55 Å². The molecule has 1 unspecified atom stereocenters. The number of nitrogens with one attached hydrogen (secondary N) is 1. The number of fused-ring (bicyclic) bond motifs is 1. The molecule has 1 atom stereocenters. The van der Waals surface area contributed by atoms with Crippen molar-refractivity contribution < 1.29 is 8.78 Å². The maximum absolute atomic E-state index is 13.7. The molecule has 104 valence electrons. The van der Waals surface area contributed by atoms with Gasteiger partial charge in [0.1, 0.15) is 11.3 Å². The number of rotatable bonds is 2. The molecule has 1 aromatic heterocycles. The molecule has 2 aromatic rings. The minimum Gasteiger partial charge on any atom is -0.328 e. The largest absolute Gasteiger partial charge is 0.328 e. The zero-order chi connectivity index (χ0) is 14.4. The predicted molar refractivity (Wildman–Crippen MR) is 75.7 cm³/mol. The summed E-state index contributed by atoms with van der Waals surface area (Å²) in [6.45, 7) is 9.15. The summed E-state index contributed by atoms with van der Waals surface area (Å²) in [5.74, 6) is -0.871. The summed E-state index contributed by atoms with van der Waals surface area (Å²) < 4.78 is 29.2. The lowest BCUT2D eigenvalue weighted by atomic mass is 9.82. The molecule has 0 spiro atoms. The smallest absolute Gasteiger partial charge is 0.178 e. The number of H-pyrrole nitrogens is 1. The Balaban J connectivity index is 2.55. The second kappa shape index (κ2) is 4.71. The Morgan fingerprint density at radius 2 is 1.95 bits per heavy atom. The van der Waals surface area contributed by atoms with E-state index in [-0.39, 0.29) is 10.9 Å². The van der Waals surface area contributed by atoms with Crippen LogP contribution in [0.25, 0.3) is 11.0 Å². The standard InChI is InChI=1S/C14H18F2N2S/c1-8(14(2,3)4)7-18-11-6-9(15)5-10(16)12(11)17-13(18)19/h5-6,8H,7H2,1-4H3,(H,17,19). The van der Waals surface area contributed by atoms with Gasteiger partial charge in [0, 0.05) is 12.6 Å². The molecule has 5 heteroatoms. The van der Waals surface area contributed by atoms with Crippen LogP contribution in [-0.2, 0) is 6.54 Å². The third kappa shape index (κ3) is 2.71. The van der Waals surface area contributed by atoms with Crippen molar-refractivity contribution in [2.45, 2.75) is 34.2 Å². The first-order valence-electron chi connectivity index (χ1n) is 6.27. The Morgan fingerprint density at radius 3 is 2.53 bits per heavy atom. The molecule has 1 aromatic carbocycles. The number of hydrogen-bond donors (Lipinski definition) is 1. The highest BCUT2D eigenvalue weighted by molar-refractivity contribution is 7.71. The minimum atomic E-state index is -0.608. The van der Waals surface area contributed by atoms with Gasteiger partial charge in [-0.2, -0.15) is 0 Å². The van der Waals surface area contributed by atoms with Crippen molar-refractivity contribution in [2.75, 3.05) is 0 Å². The van der Waals surface area contributed by atoms with Crippen molar-refractivity contribution >= 4 is 23.3 Å². The number of hydrogen-bond acceptors (Lipinski definition) is 1. The van der Waals surface area contributed by atoms with Gasteiger partial charge in [0.15, 0.2) is 10.6 Å². The minimum absolute atomic E-state index is 0.101. The number of aromatic amines is 1. The normalized spacial score (nSPS) is 14.0. The van der Waals surface area contributed by atoms with E-state index in [2.05, 4.69) is 32.7 Å². The molecule has 1 N–H and O–H groups in total. The van der Waals surface area contributed by atoms with Crippen LogP contribution in [0.1, 0.15) is 27.7 Å². The summed E-state index contributed by atoms with van der Waals surface area (Å²) in [6, 6.07) is 2.19. The Labute approximate surface area is 116 Å². The molecule has 0 saturated carbocycles. The summed E-state index contributed by atoms with van der Waals surface area (Å²) in [6.07, 6.45) is 0. The molecule has 19 heavy (non-hydrogen) atoms. The zero-order valence-corrected chi connectivity index (χ0v) is 12.4. The fourth-order valence-electron chi connectivity index (χ4n) is 1.91. The Bertz CT molecular complexity index is 664. The van der Waals surface area contributed by atoms with E-state index >= 15 is 0 Å². The van der Waals surface area contributed by atoms with Gasteiger partial charge in [0.25, 0.3) is 0 Å². The molecule has 2 rings (SSSR count). The molecule has 0 saturated heterocycles. The van der Waals surface area contributed by atoms with Crippen molar-refractivity contribution in [2.24, 2.45) is 11.3 Å². The van der Waals surface area contributed by atoms with Crippen LogP contribution >= 0.6 is 12.2 Å². The first-order chi connectivity index (χ1) is 8.70. The summed E-state index contributed by atoms with van der Waals surface area (Å²) in [5.41, 5.74) is 0.857. The van der Waals surface area contributed by atoms with Crippen LogP contribution in [0.2, 0.25) is 0 Å². The topological polar surface area (TPSA) is 20.7 Å². The number of benzene rings is 1. The van der Waals surface area contributed by atoms with Gasteiger partial charge in [-0.3, -0.25) is 0 Å². The highest BCUT2D eigenvalue weighted by Crippen LogP contribution is 2.28. The van der Waals surface area contributed by atoms with Gasteiger partial charge in [-0.1, -0.05) is 27.7 Å². The molecule has 0 bridgehead atoms. The Morgan fingerprint density at radius 1 is 1.32 bits per heavy atom. The molecule has 2 nitrogen and oxygen atoms in total. The van der Waals surface area contributed by atoms with Crippen LogP contribution in [0.3, 0.4) is 0 Å². The van der Waals surface area contributed by atoms with E-state index in [4.69, 9.17) is 12.2 Å². The van der Waals surface area contributed by atoms with Gasteiger partial charge in [-0.15, -0.1) is 0 Å². The third-order valence-electron chi connectivity index (χ3n) is 3.74. The van der Waals surface area contributed by atoms with Crippen LogP contribution < -0.4 is 0 Å². The van der Waals surface area contributed by atoms with Gasteiger partial charge in [-0.25, -0.2) is 8.78 Å². The molecular formula is C14H18F2N2S. The average molecular weight is 284 g/mol. The number of halogens is 2. The summed E-state index contributed by atoms with van der Waals surface area (Å²) in [4.78, 5) is 2.82. The van der Waals surface area contributed by atoms with Crippen molar-refractivity contribution in [3.8, 4) is 0 Å². The van der Waals surface area contributed by atoms with Gasteiger partial charge in [0.05, 0.1) is 5.52 Å².